The summed E-state index contributed by atoms with van der Waals surface area (Å²) in [5.41, 5.74) is 0.772. The minimum absolute atomic E-state index is 0.0776. The SMILES string of the molecule is CC(=O)c1ccc(OCC(=O)OCC(=O)c2ccc(S(=O)(=O)N3CCCC3)cc2)cc1. The Morgan fingerprint density at radius 3 is 2.03 bits per heavy atom. The molecule has 0 N–H and O–H groups in total. The van der Waals surface area contributed by atoms with E-state index in [9.17, 15) is 22.8 Å². The molecule has 0 aromatic heterocycles. The monoisotopic (exact) mass is 445 g/mol. The Morgan fingerprint density at radius 1 is 0.871 bits per heavy atom. The second-order valence-electron chi connectivity index (χ2n) is 7.09. The number of ether oxygens (including phenoxy) is 2. The maximum atomic E-state index is 12.5. The molecule has 1 heterocycles. The van der Waals surface area contributed by atoms with Crippen molar-refractivity contribution in [2.45, 2.75) is 24.7 Å². The molecular weight excluding hydrogens is 422 g/mol. The van der Waals surface area contributed by atoms with Crippen molar-refractivity contribution < 1.29 is 32.3 Å². The van der Waals surface area contributed by atoms with E-state index in [4.69, 9.17) is 9.47 Å². The highest BCUT2D eigenvalue weighted by Gasteiger charge is 2.27. The third-order valence-corrected chi connectivity index (χ3v) is 6.77. The fourth-order valence-electron chi connectivity index (χ4n) is 3.09. The first-order chi connectivity index (χ1) is 14.8. The van der Waals surface area contributed by atoms with E-state index in [1.54, 1.807) is 24.3 Å². The zero-order valence-corrected chi connectivity index (χ0v) is 17.9. The van der Waals surface area contributed by atoms with Crippen LogP contribution in [0.15, 0.2) is 53.4 Å². The number of esters is 1. The lowest BCUT2D eigenvalue weighted by Crippen LogP contribution is -2.27. The van der Waals surface area contributed by atoms with Gasteiger partial charge in [-0.05, 0) is 68.3 Å². The molecule has 8 nitrogen and oxygen atoms in total. The molecule has 0 saturated carbocycles. The van der Waals surface area contributed by atoms with Gasteiger partial charge in [-0.1, -0.05) is 0 Å². The third kappa shape index (κ3) is 5.77. The number of benzene rings is 2. The molecular formula is C22H23NO7S. The minimum Gasteiger partial charge on any atom is -0.482 e. The summed E-state index contributed by atoms with van der Waals surface area (Å²) in [7, 11) is -3.55. The van der Waals surface area contributed by atoms with Crippen LogP contribution in [0, 0.1) is 0 Å². The Hall–Kier alpha value is -3.04. The fraction of sp³-hybridized carbons (Fsp3) is 0.318. The molecule has 1 aliphatic rings. The lowest BCUT2D eigenvalue weighted by Gasteiger charge is -2.15. The predicted octanol–water partition coefficient (Wildman–Crippen LogP) is 2.48. The molecule has 1 fully saturated rings. The lowest BCUT2D eigenvalue weighted by molar-refractivity contribution is -0.144. The van der Waals surface area contributed by atoms with Crippen LogP contribution in [0.4, 0.5) is 0 Å². The van der Waals surface area contributed by atoms with Crippen molar-refractivity contribution in [3.05, 3.63) is 59.7 Å². The molecule has 164 valence electrons. The van der Waals surface area contributed by atoms with E-state index in [1.165, 1.54) is 35.5 Å². The zero-order valence-electron chi connectivity index (χ0n) is 17.1. The maximum absolute atomic E-state index is 12.5. The highest BCUT2D eigenvalue weighted by molar-refractivity contribution is 7.89. The first-order valence-electron chi connectivity index (χ1n) is 9.80. The van der Waals surface area contributed by atoms with Crippen LogP contribution in [-0.4, -0.2) is 56.6 Å². The average molecular weight is 445 g/mol. The fourth-order valence-corrected chi connectivity index (χ4v) is 4.61. The standard InChI is InChI=1S/C22H23NO7S/c1-16(24)17-4-8-19(9-5-17)29-15-22(26)30-14-21(25)18-6-10-20(11-7-18)31(27,28)23-12-2-3-13-23/h4-11H,2-3,12-15H2,1H3. The molecule has 9 heteroatoms. The molecule has 31 heavy (non-hydrogen) atoms. The Morgan fingerprint density at radius 2 is 1.45 bits per heavy atom. The second kappa shape index (κ2) is 9.84. The smallest absolute Gasteiger partial charge is 0.344 e. The number of hydrogen-bond acceptors (Lipinski definition) is 7. The Kier molecular flexibility index (Phi) is 7.19. The van der Waals surface area contributed by atoms with E-state index in [0.29, 0.717) is 24.4 Å². The van der Waals surface area contributed by atoms with E-state index in [-0.39, 0.29) is 22.8 Å². The molecule has 0 unspecified atom stereocenters. The van der Waals surface area contributed by atoms with E-state index in [2.05, 4.69) is 0 Å². The van der Waals surface area contributed by atoms with Gasteiger partial charge in [0.05, 0.1) is 4.90 Å². The predicted molar refractivity (Wildman–Crippen MR) is 112 cm³/mol. The molecule has 1 saturated heterocycles. The number of Topliss-reactive ketones (excluding diaryl/α,β-unsaturated/α-hetero) is 2. The Bertz CT molecular complexity index is 1050. The highest BCUT2D eigenvalue weighted by Crippen LogP contribution is 2.21. The summed E-state index contributed by atoms with van der Waals surface area (Å²) in [6.45, 7) is 1.58. The van der Waals surface area contributed by atoms with Crippen molar-refractivity contribution in [1.29, 1.82) is 0 Å². The first-order valence-corrected chi connectivity index (χ1v) is 11.2. The third-order valence-electron chi connectivity index (χ3n) is 4.86. The van der Waals surface area contributed by atoms with Crippen LogP contribution in [0.1, 0.15) is 40.5 Å². The molecule has 3 rings (SSSR count). The van der Waals surface area contributed by atoms with Gasteiger partial charge in [-0.15, -0.1) is 0 Å². The molecule has 0 bridgehead atoms. The van der Waals surface area contributed by atoms with Gasteiger partial charge in [0.2, 0.25) is 10.0 Å². The van der Waals surface area contributed by atoms with Crippen LogP contribution in [0.2, 0.25) is 0 Å². The number of rotatable bonds is 9. The first kappa shape index (κ1) is 22.6. The minimum atomic E-state index is -3.55. The number of sulfonamides is 1. The Labute approximate surface area is 180 Å². The summed E-state index contributed by atoms with van der Waals surface area (Å²) in [5, 5.41) is 0. The molecule has 0 aliphatic carbocycles. The van der Waals surface area contributed by atoms with Gasteiger partial charge in [0.25, 0.3) is 0 Å². The number of carbonyl (C=O) groups excluding carboxylic acids is 3. The van der Waals surface area contributed by atoms with Gasteiger partial charge in [0, 0.05) is 24.2 Å². The summed E-state index contributed by atoms with van der Waals surface area (Å²) in [4.78, 5) is 35.4. The normalized spacial score (nSPS) is 14.2. The van der Waals surface area contributed by atoms with Crippen molar-refractivity contribution >= 4 is 27.6 Å². The quantitative estimate of drug-likeness (QED) is 0.431. The van der Waals surface area contributed by atoms with Crippen LogP contribution in [0.5, 0.6) is 5.75 Å². The van der Waals surface area contributed by atoms with Crippen molar-refractivity contribution in [1.82, 2.24) is 4.31 Å². The summed E-state index contributed by atoms with van der Waals surface area (Å²) in [6.07, 6.45) is 1.68. The van der Waals surface area contributed by atoms with Crippen molar-refractivity contribution in [3.63, 3.8) is 0 Å². The van der Waals surface area contributed by atoms with E-state index in [0.717, 1.165) is 12.8 Å². The van der Waals surface area contributed by atoms with E-state index in [1.807, 2.05) is 0 Å². The number of ketones is 2. The molecule has 2 aromatic carbocycles. The van der Waals surface area contributed by atoms with Gasteiger partial charge in [-0.25, -0.2) is 13.2 Å². The van der Waals surface area contributed by atoms with Gasteiger partial charge >= 0.3 is 5.97 Å². The molecule has 2 aromatic rings. The highest BCUT2D eigenvalue weighted by atomic mass is 32.2. The largest absolute Gasteiger partial charge is 0.482 e. The number of nitrogens with zero attached hydrogens (tertiary/aromatic N) is 1. The summed E-state index contributed by atoms with van der Waals surface area (Å²) >= 11 is 0. The van der Waals surface area contributed by atoms with Crippen molar-refractivity contribution in [2.24, 2.45) is 0 Å². The van der Waals surface area contributed by atoms with Crippen molar-refractivity contribution in [2.75, 3.05) is 26.3 Å². The van der Waals surface area contributed by atoms with Crippen molar-refractivity contribution in [3.8, 4) is 5.75 Å². The number of hydrogen-bond donors (Lipinski definition) is 0. The van der Waals surface area contributed by atoms with Gasteiger partial charge < -0.3 is 9.47 Å². The van der Waals surface area contributed by atoms with Gasteiger partial charge in [0.15, 0.2) is 24.8 Å². The Balaban J connectivity index is 1.48. The summed E-state index contributed by atoms with van der Waals surface area (Å²) < 4.78 is 36.7. The summed E-state index contributed by atoms with van der Waals surface area (Å²) in [5.74, 6) is -0.865. The van der Waals surface area contributed by atoms with Crippen LogP contribution < -0.4 is 4.74 Å². The zero-order chi connectivity index (χ0) is 22.4. The maximum Gasteiger partial charge on any atom is 0.344 e. The second-order valence-corrected chi connectivity index (χ2v) is 9.03. The van der Waals surface area contributed by atoms with Gasteiger partial charge in [-0.3, -0.25) is 9.59 Å². The van der Waals surface area contributed by atoms with E-state index < -0.39 is 28.4 Å². The number of carbonyl (C=O) groups is 3. The molecule has 0 radical (unpaired) electrons. The van der Waals surface area contributed by atoms with Gasteiger partial charge in [0.1, 0.15) is 5.75 Å². The summed E-state index contributed by atoms with van der Waals surface area (Å²) in [6, 6.07) is 11.9. The van der Waals surface area contributed by atoms with Crippen LogP contribution in [0.25, 0.3) is 0 Å². The van der Waals surface area contributed by atoms with E-state index >= 15 is 0 Å². The molecule has 0 atom stereocenters. The molecule has 0 spiro atoms. The van der Waals surface area contributed by atoms with Gasteiger partial charge in [-0.2, -0.15) is 4.31 Å². The van der Waals surface area contributed by atoms with Crippen LogP contribution in [-0.2, 0) is 19.6 Å². The lowest BCUT2D eigenvalue weighted by atomic mass is 10.1. The van der Waals surface area contributed by atoms with Crippen LogP contribution in [0.3, 0.4) is 0 Å². The molecule has 0 amide bonds. The molecule has 1 aliphatic heterocycles. The average Bonchev–Trinajstić information content (AvgIpc) is 3.32. The van der Waals surface area contributed by atoms with Crippen LogP contribution >= 0.6 is 0 Å². The topological polar surface area (TPSA) is 107 Å².